The third kappa shape index (κ3) is 3.47. The number of nitrogens with zero attached hydrogens (tertiary/aromatic N) is 7. The van der Waals surface area contributed by atoms with E-state index < -0.39 is 0 Å². The number of hydrogen-bond acceptors (Lipinski definition) is 7. The second-order valence-electron chi connectivity index (χ2n) is 6.67. The number of ether oxygens (including phenoxy) is 1. The molecule has 0 radical (unpaired) electrons. The van der Waals surface area contributed by atoms with E-state index in [1.807, 2.05) is 36.1 Å². The molecule has 1 amide bonds. The van der Waals surface area contributed by atoms with E-state index in [2.05, 4.69) is 25.2 Å². The molecule has 1 aliphatic heterocycles. The lowest BCUT2D eigenvalue weighted by Gasteiger charge is -2.35. The molecule has 1 aliphatic rings. The van der Waals surface area contributed by atoms with E-state index in [1.54, 1.807) is 18.1 Å². The molecule has 1 aromatic carbocycles. The minimum atomic E-state index is 0.134. The Bertz CT molecular complexity index is 962. The van der Waals surface area contributed by atoms with Crippen LogP contribution in [0.1, 0.15) is 12.5 Å². The Labute approximate surface area is 162 Å². The number of piperazine rings is 1. The predicted octanol–water partition coefficient (Wildman–Crippen LogP) is 1.14. The largest absolute Gasteiger partial charge is 0.497 e. The summed E-state index contributed by atoms with van der Waals surface area (Å²) in [7, 11) is 1.63. The maximum Gasteiger partial charge on any atom is 0.227 e. The van der Waals surface area contributed by atoms with Gasteiger partial charge < -0.3 is 14.5 Å². The Morgan fingerprint density at radius 3 is 2.54 bits per heavy atom. The molecule has 0 aliphatic carbocycles. The lowest BCUT2D eigenvalue weighted by atomic mass is 10.1. The fraction of sp³-hybridized carbons (Fsp3) is 0.421. The Kier molecular flexibility index (Phi) is 5.05. The second kappa shape index (κ2) is 7.79. The average Bonchev–Trinajstić information content (AvgIpc) is 3.18. The molecule has 1 saturated heterocycles. The zero-order chi connectivity index (χ0) is 19.5. The van der Waals surface area contributed by atoms with E-state index in [0.29, 0.717) is 44.7 Å². The lowest BCUT2D eigenvalue weighted by molar-refractivity contribution is -0.130. The molecule has 3 heterocycles. The summed E-state index contributed by atoms with van der Waals surface area (Å²) in [5.41, 5.74) is 2.44. The molecule has 3 aromatic rings. The summed E-state index contributed by atoms with van der Waals surface area (Å²) in [4.78, 5) is 25.4. The van der Waals surface area contributed by atoms with Crippen LogP contribution in [-0.2, 0) is 17.8 Å². The zero-order valence-corrected chi connectivity index (χ0v) is 16.1. The molecule has 9 nitrogen and oxygen atoms in total. The average molecular weight is 381 g/mol. The van der Waals surface area contributed by atoms with E-state index in [4.69, 9.17) is 4.74 Å². The van der Waals surface area contributed by atoms with Crippen LogP contribution in [0.5, 0.6) is 5.75 Å². The van der Waals surface area contributed by atoms with Gasteiger partial charge in [0.2, 0.25) is 5.91 Å². The highest BCUT2D eigenvalue weighted by molar-refractivity contribution is 5.83. The number of methoxy groups -OCH3 is 1. The molecule has 146 valence electrons. The van der Waals surface area contributed by atoms with Gasteiger partial charge in [-0.25, -0.2) is 14.6 Å². The SMILES string of the molecule is CCn1nnc2c(N3CCN(C(=O)Cc4ccc(OC)cc4)CC3)ncnc21. The van der Waals surface area contributed by atoms with Gasteiger partial charge in [0.1, 0.15) is 12.1 Å². The summed E-state index contributed by atoms with van der Waals surface area (Å²) in [6.45, 7) is 5.44. The van der Waals surface area contributed by atoms with Crippen molar-refractivity contribution in [3.63, 3.8) is 0 Å². The lowest BCUT2D eigenvalue weighted by Crippen LogP contribution is -2.49. The molecule has 9 heteroatoms. The molecular weight excluding hydrogens is 358 g/mol. The molecule has 0 bridgehead atoms. The first kappa shape index (κ1) is 18.1. The number of rotatable bonds is 5. The summed E-state index contributed by atoms with van der Waals surface area (Å²) >= 11 is 0. The fourth-order valence-corrected chi connectivity index (χ4v) is 3.42. The molecule has 4 rings (SSSR count). The summed E-state index contributed by atoms with van der Waals surface area (Å²) in [6, 6.07) is 7.62. The molecule has 1 fully saturated rings. The molecule has 28 heavy (non-hydrogen) atoms. The van der Waals surface area contributed by atoms with E-state index in [9.17, 15) is 4.79 Å². The quantitative estimate of drug-likeness (QED) is 0.655. The Balaban J connectivity index is 1.40. The van der Waals surface area contributed by atoms with Gasteiger partial charge in [-0.15, -0.1) is 5.10 Å². The first-order chi connectivity index (χ1) is 13.7. The normalized spacial score (nSPS) is 14.5. The fourth-order valence-electron chi connectivity index (χ4n) is 3.42. The maximum atomic E-state index is 12.6. The smallest absolute Gasteiger partial charge is 0.227 e. The third-order valence-corrected chi connectivity index (χ3v) is 5.03. The van der Waals surface area contributed by atoms with Crippen LogP contribution in [0.4, 0.5) is 5.82 Å². The van der Waals surface area contributed by atoms with Gasteiger partial charge >= 0.3 is 0 Å². The third-order valence-electron chi connectivity index (χ3n) is 5.03. The standard InChI is InChI=1S/C19H23N7O2/c1-3-26-19-17(22-23-26)18(20-13-21-19)25-10-8-24(9-11-25)16(27)12-14-4-6-15(28-2)7-5-14/h4-7,13H,3,8-12H2,1-2H3. The number of aromatic nitrogens is 5. The van der Waals surface area contributed by atoms with Gasteiger partial charge in [-0.1, -0.05) is 17.3 Å². The van der Waals surface area contributed by atoms with Crippen molar-refractivity contribution < 1.29 is 9.53 Å². The van der Waals surface area contributed by atoms with Crippen molar-refractivity contribution in [1.82, 2.24) is 29.9 Å². The topological polar surface area (TPSA) is 89.3 Å². The first-order valence-corrected chi connectivity index (χ1v) is 9.39. The van der Waals surface area contributed by atoms with Crippen molar-refractivity contribution in [2.24, 2.45) is 0 Å². The monoisotopic (exact) mass is 381 g/mol. The number of fused-ring (bicyclic) bond motifs is 1. The van der Waals surface area contributed by atoms with Crippen molar-refractivity contribution in [1.29, 1.82) is 0 Å². The summed E-state index contributed by atoms with van der Waals surface area (Å²) in [5, 5.41) is 8.38. The van der Waals surface area contributed by atoms with Gasteiger partial charge in [-0.2, -0.15) is 0 Å². The van der Waals surface area contributed by atoms with Crippen LogP contribution in [0.25, 0.3) is 11.2 Å². The Morgan fingerprint density at radius 2 is 1.86 bits per heavy atom. The summed E-state index contributed by atoms with van der Waals surface area (Å²) in [5.74, 6) is 1.71. The Hall–Kier alpha value is -3.23. The highest BCUT2D eigenvalue weighted by Gasteiger charge is 2.24. The second-order valence-corrected chi connectivity index (χ2v) is 6.67. The number of anilines is 1. The van der Waals surface area contributed by atoms with Crippen LogP contribution in [0.3, 0.4) is 0 Å². The van der Waals surface area contributed by atoms with Crippen LogP contribution < -0.4 is 9.64 Å². The van der Waals surface area contributed by atoms with Crippen LogP contribution >= 0.6 is 0 Å². The van der Waals surface area contributed by atoms with Crippen molar-refractivity contribution in [2.45, 2.75) is 19.9 Å². The molecule has 0 saturated carbocycles. The van der Waals surface area contributed by atoms with E-state index in [-0.39, 0.29) is 5.91 Å². The highest BCUT2D eigenvalue weighted by Crippen LogP contribution is 2.22. The van der Waals surface area contributed by atoms with E-state index in [0.717, 1.165) is 22.8 Å². The van der Waals surface area contributed by atoms with Gasteiger partial charge in [0, 0.05) is 32.7 Å². The maximum absolute atomic E-state index is 12.6. The molecule has 0 atom stereocenters. The number of carbonyl (C=O) groups excluding carboxylic acids is 1. The minimum absolute atomic E-state index is 0.134. The van der Waals surface area contributed by atoms with E-state index in [1.165, 1.54) is 0 Å². The van der Waals surface area contributed by atoms with Gasteiger partial charge in [-0.3, -0.25) is 4.79 Å². The number of aryl methyl sites for hydroxylation is 1. The zero-order valence-electron chi connectivity index (χ0n) is 16.1. The van der Waals surface area contributed by atoms with Crippen LogP contribution in [0.2, 0.25) is 0 Å². The van der Waals surface area contributed by atoms with Crippen LogP contribution in [-0.4, -0.2) is 69.1 Å². The van der Waals surface area contributed by atoms with E-state index >= 15 is 0 Å². The van der Waals surface area contributed by atoms with Crippen LogP contribution in [0.15, 0.2) is 30.6 Å². The van der Waals surface area contributed by atoms with Crippen molar-refractivity contribution in [2.75, 3.05) is 38.2 Å². The van der Waals surface area contributed by atoms with Gasteiger partial charge in [-0.05, 0) is 24.6 Å². The summed E-state index contributed by atoms with van der Waals surface area (Å²) < 4.78 is 6.92. The van der Waals surface area contributed by atoms with Crippen molar-refractivity contribution >= 4 is 22.9 Å². The number of amides is 1. The summed E-state index contributed by atoms with van der Waals surface area (Å²) in [6.07, 6.45) is 1.95. The van der Waals surface area contributed by atoms with Crippen LogP contribution in [0, 0.1) is 0 Å². The minimum Gasteiger partial charge on any atom is -0.497 e. The number of hydrogen-bond donors (Lipinski definition) is 0. The highest BCUT2D eigenvalue weighted by atomic mass is 16.5. The molecule has 0 unspecified atom stereocenters. The predicted molar refractivity (Wildman–Crippen MR) is 104 cm³/mol. The molecule has 0 N–H and O–H groups in total. The van der Waals surface area contributed by atoms with Gasteiger partial charge in [0.05, 0.1) is 13.5 Å². The number of benzene rings is 1. The molecule has 2 aromatic heterocycles. The van der Waals surface area contributed by atoms with Crippen molar-refractivity contribution in [3.8, 4) is 5.75 Å². The molecular formula is C19H23N7O2. The Morgan fingerprint density at radius 1 is 1.11 bits per heavy atom. The number of carbonyl (C=O) groups is 1. The van der Waals surface area contributed by atoms with Gasteiger partial charge in [0.15, 0.2) is 17.0 Å². The molecule has 0 spiro atoms. The first-order valence-electron chi connectivity index (χ1n) is 9.39. The van der Waals surface area contributed by atoms with Crippen molar-refractivity contribution in [3.05, 3.63) is 36.2 Å². The van der Waals surface area contributed by atoms with Gasteiger partial charge in [0.25, 0.3) is 0 Å².